The summed E-state index contributed by atoms with van der Waals surface area (Å²) in [6, 6.07) is 69.1. The highest BCUT2D eigenvalue weighted by Crippen LogP contribution is 2.45. The van der Waals surface area contributed by atoms with Gasteiger partial charge in [0.15, 0.2) is 28.5 Å². The van der Waals surface area contributed by atoms with Crippen molar-refractivity contribution in [3.8, 4) is 56.3 Å². The lowest BCUT2D eigenvalue weighted by Crippen LogP contribution is -2.35. The van der Waals surface area contributed by atoms with Crippen LogP contribution in [0.3, 0.4) is 0 Å². The molecule has 5 heteroatoms. The lowest BCUT2D eigenvalue weighted by atomic mass is 9.90. The van der Waals surface area contributed by atoms with Gasteiger partial charge in [0.05, 0.1) is 44.9 Å². The van der Waals surface area contributed by atoms with E-state index in [0.29, 0.717) is 59.8 Å². The molecule has 129 heavy (non-hydrogen) atoms. The van der Waals surface area contributed by atoms with Gasteiger partial charge in [0.2, 0.25) is 28.5 Å². The number of hydrogen-bond acceptors (Lipinski definition) is 0. The highest BCUT2D eigenvalue weighted by Gasteiger charge is 2.31. The summed E-state index contributed by atoms with van der Waals surface area (Å²) in [7, 11) is 10.5. The molecule has 0 N–H and O–H groups in total. The summed E-state index contributed by atoms with van der Waals surface area (Å²) in [5, 5.41) is 11.5. The lowest BCUT2D eigenvalue weighted by Gasteiger charge is -2.16. The highest BCUT2D eigenvalue weighted by molar-refractivity contribution is 5.99. The number of fused-ring (bicyclic) bond motifs is 5. The van der Waals surface area contributed by atoms with E-state index >= 15 is 0 Å². The first-order valence-electron chi connectivity index (χ1n) is 52.0. The number of hydrogen-bond donors (Lipinski definition) is 0. The molecule has 0 atom stereocenters. The molecule has 0 radical (unpaired) electrons. The zero-order valence-electron chi connectivity index (χ0n) is 87.1. The van der Waals surface area contributed by atoms with Gasteiger partial charge in [-0.05, 0) is 334 Å². The van der Waals surface area contributed by atoms with E-state index in [2.05, 4.69) is 345 Å². The summed E-state index contributed by atoms with van der Waals surface area (Å²) in [5.41, 5.74) is 39.5. The van der Waals surface area contributed by atoms with Crippen LogP contribution in [-0.4, -0.2) is 0 Å². The second kappa shape index (κ2) is 39.9. The van der Waals surface area contributed by atoms with E-state index in [1.54, 1.807) is 0 Å². The average Bonchev–Trinajstić information content (AvgIpc) is 1.13. The molecule has 664 valence electrons. The quantitative estimate of drug-likeness (QED) is 0.103. The van der Waals surface area contributed by atoms with Gasteiger partial charge in [0, 0.05) is 81.5 Å². The molecule has 0 spiro atoms. The van der Waals surface area contributed by atoms with Crippen molar-refractivity contribution in [2.24, 2.45) is 35.2 Å². The summed E-state index contributed by atoms with van der Waals surface area (Å²) >= 11 is 0. The van der Waals surface area contributed by atoms with Crippen LogP contribution in [0.2, 0.25) is 0 Å². The molecule has 5 aromatic heterocycles. The summed E-state index contributed by atoms with van der Waals surface area (Å²) < 4.78 is 54.8. The van der Waals surface area contributed by atoms with Gasteiger partial charge in [0.1, 0.15) is 35.2 Å². The third-order valence-electron chi connectivity index (χ3n) is 31.1. The zero-order chi connectivity index (χ0) is 95.1. The molecular weight excluding hydrogens is 1560 g/mol. The van der Waals surface area contributed by atoms with Crippen LogP contribution in [0, 0.1) is 90.0 Å². The molecule has 0 saturated heterocycles. The van der Waals surface area contributed by atoms with Gasteiger partial charge < -0.3 is 0 Å². The van der Waals surface area contributed by atoms with E-state index in [1.807, 2.05) is 0 Å². The number of nitrogens with zero attached hydrogens (tertiary/aromatic N) is 5. The van der Waals surface area contributed by atoms with Crippen molar-refractivity contribution in [3.05, 3.63) is 324 Å². The number of aromatic nitrogens is 5. The Labute approximate surface area is 781 Å². The molecule has 5 saturated carbocycles. The summed E-state index contributed by atoms with van der Waals surface area (Å²) in [5.74, 6) is 3.39. The maximum Gasteiger partial charge on any atom is 0.220 e. The lowest BCUT2D eigenvalue weighted by molar-refractivity contribution is -0.665. The van der Waals surface area contributed by atoms with Gasteiger partial charge in [-0.25, -0.2) is 0 Å². The third kappa shape index (κ3) is 19.3. The molecule has 5 fully saturated rings. The molecule has 20 rings (SSSR count). The number of aryl methyl sites for hydroxylation is 9. The standard InChI is InChI=1S/C27H34N.2C25H30N.C24H28N.C23H26N/c1-6-20-15-21(7-2)19(4)26(16-20)27-25-13-12-23(22-10-8-9-11-22)17-24(25)14-18(3)28(27)5;1-16-12-17(2)19(4)24(13-16)25-23-11-10-21(20-8-6-7-9-20)15-22(23)14-18(3)26(25)5;1-5-19-11-10-17(2)24(15-19)25-23-13-12-21(20-8-6-7-9-20)16-22(23)14-18(3)26(25)4;1-16-9-10-17(2)23(13-16)24-22-12-11-20(19-7-5-6-8-19)15-21(22)14-18(3)25(24)4;1-16-8-4-7-11-21(16)23-22-13-12-19(18-9-5-6-10-18)15-20(22)14-17(2)24(23)3/h12-17,22H,6-11H2,1-5H3;10-15,20H,6-9H2,1-5H3;10-16,20H,5-9H2,1-4H3;9-15,19H,5-8H2,1-4H3;4,7-8,11-15,18H,5-6,9-10H2,1-3H3/q5*+1/i5*14D. The molecule has 0 unspecified atom stereocenters. The Morgan fingerprint density at radius 2 is 0.535 bits per heavy atom. The summed E-state index contributed by atoms with van der Waals surface area (Å²) in [4.78, 5) is 0. The third-order valence-corrected chi connectivity index (χ3v) is 31.1. The minimum Gasteiger partial charge on any atom is -0.198 e. The van der Waals surface area contributed by atoms with Crippen LogP contribution < -0.4 is 22.8 Å². The van der Waals surface area contributed by atoms with Crippen molar-refractivity contribution in [2.45, 2.75) is 288 Å². The van der Waals surface area contributed by atoms with Crippen LogP contribution in [-0.2, 0) is 54.5 Å². The molecule has 5 aliphatic rings. The van der Waals surface area contributed by atoms with Crippen molar-refractivity contribution in [1.82, 2.24) is 0 Å². The van der Waals surface area contributed by atoms with E-state index in [-0.39, 0.29) is 0 Å². The minimum atomic E-state index is 0.662. The van der Waals surface area contributed by atoms with E-state index in [0.717, 1.165) is 74.7 Å². The largest absolute Gasteiger partial charge is 0.220 e. The van der Waals surface area contributed by atoms with E-state index in [1.165, 1.54) is 301 Å². The van der Waals surface area contributed by atoms with Crippen molar-refractivity contribution < 1.29 is 29.7 Å². The first kappa shape index (κ1) is 85.1. The Bertz CT molecular complexity index is 7020. The van der Waals surface area contributed by atoms with Gasteiger partial charge in [-0.1, -0.05) is 211 Å². The highest BCUT2D eigenvalue weighted by atomic mass is 15.0. The average molecular weight is 1710 g/mol. The normalized spacial score (nSPS) is 15.7. The summed E-state index contributed by atoms with van der Waals surface area (Å²) in [6.45, 7) is 34.6. The molecule has 15 aromatic rings. The molecular formula is C124H148N5+5. The molecule has 5 heterocycles. The molecule has 0 aliphatic heterocycles. The molecule has 10 aromatic carbocycles. The molecule has 0 amide bonds. The van der Waals surface area contributed by atoms with Crippen molar-refractivity contribution in [3.63, 3.8) is 0 Å². The van der Waals surface area contributed by atoms with E-state index in [9.17, 15) is 0 Å². The Hall–Kier alpha value is -10.8. The fourth-order valence-electron chi connectivity index (χ4n) is 22.6. The zero-order valence-corrected chi connectivity index (χ0v) is 82.1. The van der Waals surface area contributed by atoms with Crippen LogP contribution in [0.5, 0.6) is 0 Å². The monoisotopic (exact) mass is 1710 g/mol. The van der Waals surface area contributed by atoms with E-state index in [4.69, 9.17) is 6.85 Å². The van der Waals surface area contributed by atoms with Crippen LogP contribution in [0.15, 0.2) is 206 Å². The molecule has 5 nitrogen and oxygen atoms in total. The topological polar surface area (TPSA) is 19.4 Å². The molecule has 0 bridgehead atoms. The Morgan fingerprint density at radius 1 is 0.248 bits per heavy atom. The van der Waals surface area contributed by atoms with Gasteiger partial charge in [0.25, 0.3) is 0 Å². The summed E-state index contributed by atoms with van der Waals surface area (Å²) in [6.07, 6.45) is 29.5. The first-order valence-corrected chi connectivity index (χ1v) is 49.5. The molecule has 5 aliphatic carbocycles. The van der Waals surface area contributed by atoms with Crippen molar-refractivity contribution in [1.29, 1.82) is 0 Å². The van der Waals surface area contributed by atoms with Crippen LogP contribution >= 0.6 is 0 Å². The predicted molar refractivity (Wildman–Crippen MR) is 549 cm³/mol. The Morgan fingerprint density at radius 3 is 0.868 bits per heavy atom. The van der Waals surface area contributed by atoms with Crippen LogP contribution in [0.4, 0.5) is 0 Å². The van der Waals surface area contributed by atoms with Gasteiger partial charge >= 0.3 is 0 Å². The first-order chi connectivity index (χ1) is 64.4. The SMILES string of the molecule is [2H]c1c(C)[n+](C)c(-c2cc(C)cc(C)c2C)c2ccc(C3CCCC3)cc12.[2H]c1c(C)[n+](C)c(-c2cc(C)ccc2C)c2ccc(C3CCCC3)cc12.[2H]c1c(C)[n+](C)c(-c2cc(CC)cc(CC)c2C)c2ccc(C3CCCC3)cc12.[2H]c1c(C)[n+](C)c(-c2cc(CC)ccc2C)c2ccc(C3CCCC3)cc12.[2H]c1c(C)[n+](C)c(-c2ccccc2C)c2ccc(C3CCCC3)cc12. The van der Waals surface area contributed by atoms with Crippen LogP contribution in [0.1, 0.15) is 303 Å². The minimum absolute atomic E-state index is 0.662. The van der Waals surface area contributed by atoms with Gasteiger partial charge in [-0.2, -0.15) is 22.8 Å². The maximum atomic E-state index is 8.85. The number of benzene rings is 10. The van der Waals surface area contributed by atoms with Gasteiger partial charge in [-0.3, -0.25) is 0 Å². The fourth-order valence-corrected chi connectivity index (χ4v) is 22.6. The second-order valence-electron chi connectivity index (χ2n) is 39.5. The predicted octanol–water partition coefficient (Wildman–Crippen LogP) is 30.6. The van der Waals surface area contributed by atoms with Crippen LogP contribution in [0.25, 0.3) is 110 Å². The number of rotatable bonds is 13. The van der Waals surface area contributed by atoms with Crippen molar-refractivity contribution >= 4 is 53.9 Å². The second-order valence-corrected chi connectivity index (χ2v) is 39.5. The van der Waals surface area contributed by atoms with Gasteiger partial charge in [-0.15, -0.1) is 0 Å². The van der Waals surface area contributed by atoms with E-state index < -0.39 is 0 Å². The Kier molecular flexibility index (Phi) is 26.3. The maximum absolute atomic E-state index is 8.85. The van der Waals surface area contributed by atoms with Crippen molar-refractivity contribution in [2.75, 3.05) is 0 Å². The number of pyridine rings is 5. The fraction of sp³-hybridized carbons (Fsp3) is 0.395. The smallest absolute Gasteiger partial charge is 0.198 e. The Balaban J connectivity index is 0.000000122.